The van der Waals surface area contributed by atoms with Crippen LogP contribution in [0.1, 0.15) is 5.82 Å². The molecule has 0 amide bonds. The molecule has 0 saturated heterocycles. The SMILES string of the molecule is COc1cc(N)cnc1-c1ccc2c(c1)nc(C)n2C. The Hall–Kier alpha value is -2.56. The highest BCUT2D eigenvalue weighted by atomic mass is 16.5. The number of imidazole rings is 1. The number of nitrogen functional groups attached to an aromatic ring is 1. The number of hydrogen-bond donors (Lipinski definition) is 1. The second-order valence-electron chi connectivity index (χ2n) is 4.74. The van der Waals surface area contributed by atoms with Gasteiger partial charge in [0, 0.05) is 18.7 Å². The smallest absolute Gasteiger partial charge is 0.147 e. The number of aryl methyl sites for hydroxylation is 2. The van der Waals surface area contributed by atoms with Gasteiger partial charge in [-0.05, 0) is 19.1 Å². The summed E-state index contributed by atoms with van der Waals surface area (Å²) in [5.74, 6) is 1.64. The van der Waals surface area contributed by atoms with Crippen molar-refractivity contribution in [1.82, 2.24) is 14.5 Å². The number of nitrogens with zero attached hydrogens (tertiary/aromatic N) is 3. The third kappa shape index (κ3) is 1.87. The van der Waals surface area contributed by atoms with Crippen molar-refractivity contribution in [2.75, 3.05) is 12.8 Å². The van der Waals surface area contributed by atoms with Crippen molar-refractivity contribution >= 4 is 16.7 Å². The van der Waals surface area contributed by atoms with Crippen LogP contribution in [0.4, 0.5) is 5.69 Å². The Morgan fingerprint density at radius 1 is 1.25 bits per heavy atom. The number of methoxy groups -OCH3 is 1. The van der Waals surface area contributed by atoms with Crippen LogP contribution >= 0.6 is 0 Å². The van der Waals surface area contributed by atoms with Gasteiger partial charge in [-0.15, -0.1) is 0 Å². The summed E-state index contributed by atoms with van der Waals surface area (Å²) in [5, 5.41) is 0. The summed E-state index contributed by atoms with van der Waals surface area (Å²) in [6.07, 6.45) is 1.63. The first-order valence-corrected chi connectivity index (χ1v) is 6.33. The number of rotatable bonds is 2. The number of hydrogen-bond acceptors (Lipinski definition) is 4. The fraction of sp³-hybridized carbons (Fsp3) is 0.200. The third-order valence-electron chi connectivity index (χ3n) is 3.47. The summed E-state index contributed by atoms with van der Waals surface area (Å²) in [4.78, 5) is 8.91. The Kier molecular flexibility index (Phi) is 2.82. The van der Waals surface area contributed by atoms with Crippen LogP contribution < -0.4 is 10.5 Å². The van der Waals surface area contributed by atoms with E-state index in [-0.39, 0.29) is 0 Å². The zero-order valence-corrected chi connectivity index (χ0v) is 11.7. The topological polar surface area (TPSA) is 66.0 Å². The van der Waals surface area contributed by atoms with E-state index in [4.69, 9.17) is 10.5 Å². The molecule has 3 aromatic rings. The van der Waals surface area contributed by atoms with Gasteiger partial charge in [-0.1, -0.05) is 6.07 Å². The molecule has 2 heterocycles. The van der Waals surface area contributed by atoms with Gasteiger partial charge in [0.15, 0.2) is 0 Å². The van der Waals surface area contributed by atoms with Gasteiger partial charge in [0.2, 0.25) is 0 Å². The van der Waals surface area contributed by atoms with Gasteiger partial charge in [0.25, 0.3) is 0 Å². The maximum Gasteiger partial charge on any atom is 0.147 e. The van der Waals surface area contributed by atoms with E-state index in [2.05, 4.69) is 14.5 Å². The Bertz CT molecular complexity index is 792. The summed E-state index contributed by atoms with van der Waals surface area (Å²) < 4.78 is 7.42. The molecule has 0 atom stereocenters. The third-order valence-corrected chi connectivity index (χ3v) is 3.47. The molecule has 0 fully saturated rings. The summed E-state index contributed by atoms with van der Waals surface area (Å²) in [6.45, 7) is 1.99. The minimum atomic E-state index is 0.584. The molecule has 0 bridgehead atoms. The quantitative estimate of drug-likeness (QED) is 0.775. The predicted octanol–water partition coefficient (Wildman–Crippen LogP) is 2.53. The normalized spacial score (nSPS) is 10.9. The van der Waals surface area contributed by atoms with E-state index in [1.54, 1.807) is 19.4 Å². The molecule has 0 saturated carbocycles. The van der Waals surface area contributed by atoms with Gasteiger partial charge < -0.3 is 15.0 Å². The summed E-state index contributed by atoms with van der Waals surface area (Å²) in [7, 11) is 3.62. The van der Waals surface area contributed by atoms with Gasteiger partial charge in [0.1, 0.15) is 17.3 Å². The fourth-order valence-corrected chi connectivity index (χ4v) is 2.30. The predicted molar refractivity (Wildman–Crippen MR) is 79.6 cm³/mol. The molecule has 20 heavy (non-hydrogen) atoms. The monoisotopic (exact) mass is 268 g/mol. The van der Waals surface area contributed by atoms with Gasteiger partial charge >= 0.3 is 0 Å². The zero-order chi connectivity index (χ0) is 14.3. The Morgan fingerprint density at radius 2 is 2.05 bits per heavy atom. The molecule has 5 nitrogen and oxygen atoms in total. The van der Waals surface area contributed by atoms with Gasteiger partial charge in [-0.25, -0.2) is 4.98 Å². The lowest BCUT2D eigenvalue weighted by Crippen LogP contribution is -1.94. The molecule has 0 unspecified atom stereocenters. The fourth-order valence-electron chi connectivity index (χ4n) is 2.30. The molecule has 102 valence electrons. The van der Waals surface area contributed by atoms with Crippen molar-refractivity contribution in [1.29, 1.82) is 0 Å². The second kappa shape index (κ2) is 4.52. The first-order valence-electron chi connectivity index (χ1n) is 6.33. The average Bonchev–Trinajstić information content (AvgIpc) is 2.73. The summed E-state index contributed by atoms with van der Waals surface area (Å²) in [5.41, 5.74) is 10.1. The van der Waals surface area contributed by atoms with Crippen molar-refractivity contribution in [3.05, 3.63) is 36.3 Å². The molecule has 0 aliphatic heterocycles. The molecule has 0 radical (unpaired) electrons. The Morgan fingerprint density at radius 3 is 2.80 bits per heavy atom. The molecular weight excluding hydrogens is 252 g/mol. The molecule has 1 aromatic carbocycles. The number of nitrogens with two attached hydrogens (primary N) is 1. The molecular formula is C15H16N4O. The van der Waals surface area contributed by atoms with E-state index >= 15 is 0 Å². The zero-order valence-electron chi connectivity index (χ0n) is 11.7. The Labute approximate surface area is 117 Å². The first kappa shape index (κ1) is 12.5. The summed E-state index contributed by atoms with van der Waals surface area (Å²) >= 11 is 0. The minimum Gasteiger partial charge on any atom is -0.494 e. The minimum absolute atomic E-state index is 0.584. The van der Waals surface area contributed by atoms with Crippen LogP contribution in [-0.4, -0.2) is 21.6 Å². The van der Waals surface area contributed by atoms with Crippen LogP contribution in [0.3, 0.4) is 0 Å². The summed E-state index contributed by atoms with van der Waals surface area (Å²) in [6, 6.07) is 7.85. The highest BCUT2D eigenvalue weighted by Crippen LogP contribution is 2.31. The van der Waals surface area contributed by atoms with Crippen molar-refractivity contribution < 1.29 is 4.74 Å². The van der Waals surface area contributed by atoms with Crippen molar-refractivity contribution in [2.45, 2.75) is 6.92 Å². The van der Waals surface area contributed by atoms with Gasteiger partial charge in [0.05, 0.1) is 30.0 Å². The molecule has 0 spiro atoms. The van der Waals surface area contributed by atoms with Gasteiger partial charge in [-0.3, -0.25) is 4.98 Å². The second-order valence-corrected chi connectivity index (χ2v) is 4.74. The van der Waals surface area contributed by atoms with Crippen LogP contribution in [0.15, 0.2) is 30.5 Å². The molecule has 2 aromatic heterocycles. The first-order chi connectivity index (χ1) is 9.60. The standard InChI is InChI=1S/C15H16N4O/c1-9-18-12-6-10(4-5-13(12)19(9)2)15-14(20-3)7-11(16)8-17-15/h4-8H,16H2,1-3H3. The van der Waals surface area contributed by atoms with Gasteiger partial charge in [-0.2, -0.15) is 0 Å². The van der Waals surface area contributed by atoms with E-state index < -0.39 is 0 Å². The number of benzene rings is 1. The van der Waals surface area contributed by atoms with Crippen molar-refractivity contribution in [3.63, 3.8) is 0 Å². The number of ether oxygens (including phenoxy) is 1. The van der Waals surface area contributed by atoms with Crippen molar-refractivity contribution in [3.8, 4) is 17.0 Å². The Balaban J connectivity index is 2.19. The molecule has 0 aliphatic rings. The average molecular weight is 268 g/mol. The highest BCUT2D eigenvalue weighted by molar-refractivity contribution is 5.83. The molecule has 0 aliphatic carbocycles. The number of pyridine rings is 1. The van der Waals surface area contributed by atoms with Crippen LogP contribution in [0.2, 0.25) is 0 Å². The van der Waals surface area contributed by atoms with E-state index in [9.17, 15) is 0 Å². The van der Waals surface area contributed by atoms with Crippen LogP contribution in [0.25, 0.3) is 22.3 Å². The lowest BCUT2D eigenvalue weighted by atomic mass is 10.1. The largest absolute Gasteiger partial charge is 0.494 e. The lowest BCUT2D eigenvalue weighted by Gasteiger charge is -2.08. The van der Waals surface area contributed by atoms with Crippen LogP contribution in [-0.2, 0) is 7.05 Å². The lowest BCUT2D eigenvalue weighted by molar-refractivity contribution is 0.415. The van der Waals surface area contributed by atoms with E-state index in [0.29, 0.717) is 11.4 Å². The highest BCUT2D eigenvalue weighted by Gasteiger charge is 2.11. The van der Waals surface area contributed by atoms with Crippen molar-refractivity contribution in [2.24, 2.45) is 7.05 Å². The van der Waals surface area contributed by atoms with E-state index in [1.807, 2.05) is 32.2 Å². The maximum atomic E-state index is 5.74. The maximum absolute atomic E-state index is 5.74. The van der Waals surface area contributed by atoms with Crippen LogP contribution in [0, 0.1) is 6.92 Å². The molecule has 3 rings (SSSR count). The number of aromatic nitrogens is 3. The molecule has 5 heteroatoms. The molecule has 2 N–H and O–H groups in total. The number of anilines is 1. The van der Waals surface area contributed by atoms with Crippen LogP contribution in [0.5, 0.6) is 5.75 Å². The number of fused-ring (bicyclic) bond motifs is 1. The van der Waals surface area contributed by atoms with E-state index in [1.165, 1.54) is 0 Å². The van der Waals surface area contributed by atoms with E-state index in [0.717, 1.165) is 28.1 Å².